The van der Waals surface area contributed by atoms with Crippen LogP contribution in [0.3, 0.4) is 0 Å². The number of halogens is 2. The average molecular weight is 646 g/mol. The number of fused-ring (bicyclic) bond motifs is 1. The zero-order valence-corrected chi connectivity index (χ0v) is 24.0. The Balaban J connectivity index is 2.07. The Labute approximate surface area is 257 Å². The van der Waals surface area contributed by atoms with Crippen LogP contribution in [0.15, 0.2) is 48.5 Å². The highest BCUT2D eigenvalue weighted by molar-refractivity contribution is 6.05. The summed E-state index contributed by atoms with van der Waals surface area (Å²) >= 11 is 0. The van der Waals surface area contributed by atoms with Gasteiger partial charge in [-0.1, -0.05) is 12.1 Å². The van der Waals surface area contributed by atoms with Crippen LogP contribution >= 0.6 is 0 Å². The molecule has 0 aliphatic heterocycles. The maximum Gasteiger partial charge on any atom is 0.335 e. The highest BCUT2D eigenvalue weighted by atomic mass is 19.1. The number of nitrogens with one attached hydrogen (secondary N) is 1. The van der Waals surface area contributed by atoms with Gasteiger partial charge in [-0.15, -0.1) is 0 Å². The number of hydrogen-bond acceptors (Lipinski definition) is 12. The maximum absolute atomic E-state index is 16.4. The Morgan fingerprint density at radius 3 is 2.15 bits per heavy atom. The molecule has 3 aromatic carbocycles. The third kappa shape index (κ3) is 4.24. The fourth-order valence-electron chi connectivity index (χ4n) is 5.99. The zero-order valence-electron chi connectivity index (χ0n) is 24.0. The smallest absolute Gasteiger partial charge is 0.335 e. The number of aliphatic hydroxyl groups is 8. The molecule has 1 aliphatic carbocycles. The maximum atomic E-state index is 16.4. The lowest BCUT2D eigenvalue weighted by atomic mass is 9.62. The minimum atomic E-state index is -4.40. The Morgan fingerprint density at radius 2 is 1.61 bits per heavy atom. The second-order valence-electron chi connectivity index (χ2n) is 11.2. The number of methoxy groups -OCH3 is 1. The summed E-state index contributed by atoms with van der Waals surface area (Å²) in [4.78, 5) is 11.6. The summed E-state index contributed by atoms with van der Waals surface area (Å²) < 4.78 is 37.1. The van der Waals surface area contributed by atoms with Gasteiger partial charge in [-0.3, -0.25) is 0 Å². The molecule has 4 aromatic rings. The number of nitrogens with zero attached hydrogens (tertiary/aromatic N) is 1. The van der Waals surface area contributed by atoms with Gasteiger partial charge in [0.1, 0.15) is 11.7 Å². The standard InChI is InChI=1S/C30H29F2N3O11/c1-27(39)21(25(36)28(40,41)30(44,45)29(27,42)43)24-19(12-3-5-13(6-4-12)26(37)38)20-17(9-14(11-33)23(34)22(20)32)35(24)15-7-8-16(31)18(10-15)46-2/h3-11,21,25,33,36,39-45H,34H2,1-2H3,(H,37,38). The molecule has 0 amide bonds. The molecule has 46 heavy (non-hydrogen) atoms. The lowest BCUT2D eigenvalue weighted by Gasteiger charge is -2.58. The number of nitrogens with two attached hydrogens (primary N) is 1. The van der Waals surface area contributed by atoms with Crippen molar-refractivity contribution in [2.45, 2.75) is 41.9 Å². The van der Waals surface area contributed by atoms with E-state index in [2.05, 4.69) is 0 Å². The largest absolute Gasteiger partial charge is 0.494 e. The first-order valence-corrected chi connectivity index (χ1v) is 13.4. The van der Waals surface area contributed by atoms with Crippen molar-refractivity contribution in [1.82, 2.24) is 4.57 Å². The number of ether oxygens (including phenoxy) is 1. The molecule has 0 saturated heterocycles. The second kappa shape index (κ2) is 10.5. The molecule has 0 radical (unpaired) electrons. The van der Waals surface area contributed by atoms with Gasteiger partial charge in [0.25, 0.3) is 17.4 Å². The van der Waals surface area contributed by atoms with Crippen LogP contribution in [-0.4, -0.2) is 98.9 Å². The highest BCUT2D eigenvalue weighted by Gasteiger charge is 2.79. The lowest BCUT2D eigenvalue weighted by Crippen LogP contribution is -2.84. The normalized spacial score (nSPS) is 23.3. The summed E-state index contributed by atoms with van der Waals surface area (Å²) in [5, 5.41) is 104. The van der Waals surface area contributed by atoms with Crippen LogP contribution in [0.1, 0.15) is 34.5 Å². The Kier molecular flexibility index (Phi) is 7.51. The predicted octanol–water partition coefficient (Wildman–Crippen LogP) is 0.114. The number of carbonyl (C=O) groups is 1. The molecular formula is C30H29F2N3O11. The van der Waals surface area contributed by atoms with E-state index in [9.17, 15) is 55.1 Å². The topological polar surface area (TPSA) is 263 Å². The van der Waals surface area contributed by atoms with E-state index in [4.69, 9.17) is 15.9 Å². The van der Waals surface area contributed by atoms with Crippen molar-refractivity contribution < 1.29 is 64.3 Å². The number of rotatable bonds is 6. The molecule has 5 rings (SSSR count). The van der Waals surface area contributed by atoms with Crippen molar-refractivity contribution in [3.63, 3.8) is 0 Å². The Hall–Kier alpha value is -4.52. The van der Waals surface area contributed by atoms with Crippen LogP contribution in [0, 0.1) is 17.0 Å². The lowest BCUT2D eigenvalue weighted by molar-refractivity contribution is -0.516. The molecule has 1 heterocycles. The average Bonchev–Trinajstić information content (AvgIpc) is 3.32. The van der Waals surface area contributed by atoms with Crippen LogP contribution in [-0.2, 0) is 0 Å². The van der Waals surface area contributed by atoms with E-state index in [0.29, 0.717) is 13.1 Å². The molecule has 3 unspecified atom stereocenters. The number of nitrogen functional groups attached to an aromatic ring is 1. The molecule has 244 valence electrons. The quantitative estimate of drug-likeness (QED) is 0.0759. The van der Waals surface area contributed by atoms with Gasteiger partial charge in [-0.25, -0.2) is 13.6 Å². The van der Waals surface area contributed by atoms with Crippen molar-refractivity contribution in [3.8, 4) is 22.6 Å². The van der Waals surface area contributed by atoms with Crippen LogP contribution < -0.4 is 10.5 Å². The van der Waals surface area contributed by atoms with Gasteiger partial charge in [0.05, 0.1) is 29.8 Å². The minimum absolute atomic E-state index is 0.0467. The van der Waals surface area contributed by atoms with E-state index >= 15 is 4.39 Å². The molecule has 16 heteroatoms. The number of aromatic carboxylic acids is 1. The van der Waals surface area contributed by atoms with E-state index in [-0.39, 0.29) is 39.2 Å². The second-order valence-corrected chi connectivity index (χ2v) is 11.2. The molecule has 1 saturated carbocycles. The number of aromatic nitrogens is 1. The minimum Gasteiger partial charge on any atom is -0.494 e. The summed E-state index contributed by atoms with van der Waals surface area (Å²) in [6.07, 6.45) is -2.20. The van der Waals surface area contributed by atoms with Gasteiger partial charge in [-0.2, -0.15) is 0 Å². The first kappa shape index (κ1) is 32.9. The third-order valence-corrected chi connectivity index (χ3v) is 8.61. The summed E-state index contributed by atoms with van der Waals surface area (Å²) in [5.74, 6) is -19.0. The molecule has 12 N–H and O–H groups in total. The van der Waals surface area contributed by atoms with Crippen molar-refractivity contribution in [3.05, 3.63) is 77.0 Å². The summed E-state index contributed by atoms with van der Waals surface area (Å²) in [5.41, 5.74) is 0.456. The van der Waals surface area contributed by atoms with E-state index < -0.39 is 69.4 Å². The SMILES string of the molecule is COc1cc(-n2c(C3C(O)C(O)(O)C(O)(O)C(O)(O)C3(C)O)c(-c3ccc(C(=O)O)cc3)c3c(F)c(N)c(C=N)cc32)ccc1F. The molecule has 1 aliphatic rings. The first-order chi connectivity index (χ1) is 21.3. The van der Waals surface area contributed by atoms with Gasteiger partial charge in [0.15, 0.2) is 17.4 Å². The fraction of sp³-hybridized carbons (Fsp3) is 0.267. The number of anilines is 1. The predicted molar refractivity (Wildman–Crippen MR) is 155 cm³/mol. The molecular weight excluding hydrogens is 616 g/mol. The number of carboxylic acid groups (broad SMARTS) is 1. The van der Waals surface area contributed by atoms with Crippen molar-refractivity contribution in [2.24, 2.45) is 0 Å². The molecule has 1 fully saturated rings. The fourth-order valence-corrected chi connectivity index (χ4v) is 5.99. The Bertz CT molecular complexity index is 1900. The third-order valence-electron chi connectivity index (χ3n) is 8.61. The molecule has 1 aromatic heterocycles. The van der Waals surface area contributed by atoms with Crippen LogP contribution in [0.5, 0.6) is 5.75 Å². The number of hydrogen-bond donors (Lipinski definition) is 11. The molecule has 0 bridgehead atoms. The van der Waals surface area contributed by atoms with Crippen LogP contribution in [0.2, 0.25) is 0 Å². The summed E-state index contributed by atoms with van der Waals surface area (Å²) in [7, 11) is 1.13. The molecule has 3 atom stereocenters. The van der Waals surface area contributed by atoms with E-state index in [0.717, 1.165) is 42.0 Å². The monoisotopic (exact) mass is 645 g/mol. The van der Waals surface area contributed by atoms with Crippen molar-refractivity contribution in [1.29, 1.82) is 5.41 Å². The van der Waals surface area contributed by atoms with Crippen LogP contribution in [0.4, 0.5) is 14.5 Å². The van der Waals surface area contributed by atoms with E-state index in [1.54, 1.807) is 0 Å². The van der Waals surface area contributed by atoms with Crippen LogP contribution in [0.25, 0.3) is 27.7 Å². The van der Waals surface area contributed by atoms with Gasteiger partial charge in [0, 0.05) is 40.2 Å². The first-order valence-electron chi connectivity index (χ1n) is 13.4. The van der Waals surface area contributed by atoms with Crippen molar-refractivity contribution >= 4 is 28.8 Å². The molecule has 0 spiro atoms. The van der Waals surface area contributed by atoms with Gasteiger partial charge >= 0.3 is 5.97 Å². The highest BCUT2D eigenvalue weighted by Crippen LogP contribution is 2.56. The zero-order chi connectivity index (χ0) is 34.3. The number of benzene rings is 3. The van der Waals surface area contributed by atoms with Gasteiger partial charge in [0.2, 0.25) is 0 Å². The van der Waals surface area contributed by atoms with E-state index in [1.807, 2.05) is 0 Å². The summed E-state index contributed by atoms with van der Waals surface area (Å²) in [6, 6.07) is 8.98. The van der Waals surface area contributed by atoms with Gasteiger partial charge < -0.3 is 66.4 Å². The number of carboxylic acids is 1. The Morgan fingerprint density at radius 1 is 1.00 bits per heavy atom. The van der Waals surface area contributed by atoms with E-state index in [1.165, 1.54) is 18.2 Å². The number of aliphatic hydroxyl groups excluding tert-OH is 1. The summed E-state index contributed by atoms with van der Waals surface area (Å²) in [6.45, 7) is 0.621. The van der Waals surface area contributed by atoms with Crippen molar-refractivity contribution in [2.75, 3.05) is 12.8 Å². The molecule has 14 nitrogen and oxygen atoms in total. The van der Waals surface area contributed by atoms with Gasteiger partial charge in [-0.05, 0) is 42.8 Å².